The van der Waals surface area contributed by atoms with Crippen molar-refractivity contribution in [2.45, 2.75) is 45.2 Å². The fraction of sp³-hybridized carbons (Fsp3) is 0.533. The molecule has 1 aromatic carbocycles. The normalized spacial score (nSPS) is 16.7. The van der Waals surface area contributed by atoms with Crippen molar-refractivity contribution in [2.24, 2.45) is 11.7 Å². The van der Waals surface area contributed by atoms with Crippen LogP contribution in [0, 0.1) is 5.92 Å². The number of amides is 1. The molecule has 2 rings (SSSR count). The van der Waals surface area contributed by atoms with Gasteiger partial charge in [0.1, 0.15) is 0 Å². The maximum atomic E-state index is 11.9. The number of benzene rings is 1. The van der Waals surface area contributed by atoms with Gasteiger partial charge in [-0.05, 0) is 36.3 Å². The molecule has 0 fully saturated rings. The Morgan fingerprint density at radius 2 is 1.89 bits per heavy atom. The quantitative estimate of drug-likeness (QED) is 0.848. The van der Waals surface area contributed by atoms with Crippen LogP contribution in [-0.2, 0) is 17.6 Å². The second-order valence-electron chi connectivity index (χ2n) is 5.62. The first-order valence-corrected chi connectivity index (χ1v) is 6.69. The van der Waals surface area contributed by atoms with Gasteiger partial charge in [-0.1, -0.05) is 38.1 Å². The zero-order valence-electron chi connectivity index (χ0n) is 11.1. The first kappa shape index (κ1) is 13.1. The van der Waals surface area contributed by atoms with Gasteiger partial charge in [0, 0.05) is 6.04 Å². The van der Waals surface area contributed by atoms with Gasteiger partial charge in [-0.25, -0.2) is 0 Å². The summed E-state index contributed by atoms with van der Waals surface area (Å²) in [6.07, 6.45) is 2.60. The van der Waals surface area contributed by atoms with E-state index >= 15 is 0 Å². The maximum absolute atomic E-state index is 11.9. The Balaban J connectivity index is 1.88. The Labute approximate surface area is 109 Å². The van der Waals surface area contributed by atoms with Crippen molar-refractivity contribution < 1.29 is 4.79 Å². The van der Waals surface area contributed by atoms with Gasteiger partial charge in [-0.15, -0.1) is 0 Å². The third-order valence-corrected chi connectivity index (χ3v) is 3.46. The summed E-state index contributed by atoms with van der Waals surface area (Å²) in [6.45, 7) is 4.16. The van der Waals surface area contributed by atoms with E-state index in [1.165, 1.54) is 11.1 Å². The summed E-state index contributed by atoms with van der Waals surface area (Å²) in [7, 11) is 0. The minimum Gasteiger partial charge on any atom is -0.351 e. The zero-order valence-corrected chi connectivity index (χ0v) is 11.1. The average Bonchev–Trinajstić information content (AvgIpc) is 2.69. The van der Waals surface area contributed by atoms with E-state index in [1.807, 2.05) is 12.1 Å². The van der Waals surface area contributed by atoms with E-state index in [9.17, 15) is 4.79 Å². The molecule has 0 saturated heterocycles. The molecule has 0 saturated carbocycles. The van der Waals surface area contributed by atoms with Gasteiger partial charge in [0.15, 0.2) is 0 Å². The monoisotopic (exact) mass is 246 g/mol. The molecule has 1 atom stereocenters. The van der Waals surface area contributed by atoms with Crippen LogP contribution < -0.4 is 11.1 Å². The van der Waals surface area contributed by atoms with E-state index in [0.29, 0.717) is 5.92 Å². The molecule has 1 aliphatic carbocycles. The standard InChI is InChI=1S/C15H22N2O/c1-10(2)7-14(16)15(18)17-13-8-11-5-3-4-6-12(11)9-13/h3-6,10,13-14H,7-9,16H2,1-2H3,(H,17,18). The number of nitrogens with one attached hydrogen (secondary N) is 1. The van der Waals surface area contributed by atoms with E-state index < -0.39 is 0 Å². The van der Waals surface area contributed by atoms with E-state index in [0.717, 1.165) is 19.3 Å². The lowest BCUT2D eigenvalue weighted by atomic mass is 10.0. The topological polar surface area (TPSA) is 55.1 Å². The molecular formula is C15H22N2O. The molecule has 0 aliphatic heterocycles. The Kier molecular flexibility index (Phi) is 4.02. The van der Waals surface area contributed by atoms with Crippen LogP contribution in [0.15, 0.2) is 24.3 Å². The highest BCUT2D eigenvalue weighted by Gasteiger charge is 2.24. The maximum Gasteiger partial charge on any atom is 0.237 e. The first-order chi connectivity index (χ1) is 8.56. The van der Waals surface area contributed by atoms with Crippen LogP contribution in [0.4, 0.5) is 0 Å². The fourth-order valence-electron chi connectivity index (χ4n) is 2.58. The van der Waals surface area contributed by atoms with Crippen molar-refractivity contribution in [3.05, 3.63) is 35.4 Å². The highest BCUT2D eigenvalue weighted by molar-refractivity contribution is 5.81. The summed E-state index contributed by atoms with van der Waals surface area (Å²) >= 11 is 0. The molecule has 0 aromatic heterocycles. The highest BCUT2D eigenvalue weighted by Crippen LogP contribution is 2.21. The second-order valence-corrected chi connectivity index (χ2v) is 5.62. The molecule has 1 amide bonds. The van der Waals surface area contributed by atoms with Crippen molar-refractivity contribution in [1.82, 2.24) is 5.32 Å². The molecular weight excluding hydrogens is 224 g/mol. The van der Waals surface area contributed by atoms with Crippen molar-refractivity contribution in [1.29, 1.82) is 0 Å². The third kappa shape index (κ3) is 3.10. The molecule has 0 bridgehead atoms. The van der Waals surface area contributed by atoms with Gasteiger partial charge >= 0.3 is 0 Å². The molecule has 0 heterocycles. The fourth-order valence-corrected chi connectivity index (χ4v) is 2.58. The molecule has 1 aromatic rings. The van der Waals surface area contributed by atoms with Crippen LogP contribution >= 0.6 is 0 Å². The average molecular weight is 246 g/mol. The highest BCUT2D eigenvalue weighted by atomic mass is 16.2. The molecule has 3 nitrogen and oxygen atoms in total. The lowest BCUT2D eigenvalue weighted by Gasteiger charge is -2.17. The van der Waals surface area contributed by atoms with E-state index in [2.05, 4.69) is 31.3 Å². The van der Waals surface area contributed by atoms with Crippen LogP contribution in [0.5, 0.6) is 0 Å². The minimum absolute atomic E-state index is 0.0125. The number of nitrogens with two attached hydrogens (primary N) is 1. The Hall–Kier alpha value is -1.35. The van der Waals surface area contributed by atoms with Crippen molar-refractivity contribution >= 4 is 5.91 Å². The van der Waals surface area contributed by atoms with Crippen LogP contribution in [0.1, 0.15) is 31.4 Å². The number of hydrogen-bond acceptors (Lipinski definition) is 2. The summed E-state index contributed by atoms with van der Waals surface area (Å²) in [5.74, 6) is 0.438. The lowest BCUT2D eigenvalue weighted by molar-refractivity contribution is -0.123. The van der Waals surface area contributed by atoms with Crippen molar-refractivity contribution in [2.75, 3.05) is 0 Å². The van der Waals surface area contributed by atoms with Gasteiger partial charge in [-0.3, -0.25) is 4.79 Å². The number of carbonyl (C=O) groups excluding carboxylic acids is 1. The van der Waals surface area contributed by atoms with Crippen LogP contribution in [-0.4, -0.2) is 18.0 Å². The number of hydrogen-bond donors (Lipinski definition) is 2. The van der Waals surface area contributed by atoms with Crippen molar-refractivity contribution in [3.63, 3.8) is 0 Å². The molecule has 0 radical (unpaired) electrons. The van der Waals surface area contributed by atoms with E-state index in [1.54, 1.807) is 0 Å². The second kappa shape index (κ2) is 5.53. The molecule has 18 heavy (non-hydrogen) atoms. The molecule has 3 heteroatoms. The van der Waals surface area contributed by atoms with Crippen LogP contribution in [0.3, 0.4) is 0 Å². The van der Waals surface area contributed by atoms with Gasteiger partial charge in [0.2, 0.25) is 5.91 Å². The molecule has 1 aliphatic rings. The summed E-state index contributed by atoms with van der Waals surface area (Å²) in [4.78, 5) is 11.9. The Morgan fingerprint density at radius 3 is 2.39 bits per heavy atom. The Bertz CT molecular complexity index is 403. The van der Waals surface area contributed by atoms with Gasteiger partial charge in [0.25, 0.3) is 0 Å². The van der Waals surface area contributed by atoms with Crippen LogP contribution in [0.25, 0.3) is 0 Å². The number of fused-ring (bicyclic) bond motifs is 1. The first-order valence-electron chi connectivity index (χ1n) is 6.69. The predicted molar refractivity (Wildman–Crippen MR) is 73.2 cm³/mol. The van der Waals surface area contributed by atoms with E-state index in [-0.39, 0.29) is 18.0 Å². The van der Waals surface area contributed by atoms with Crippen LogP contribution in [0.2, 0.25) is 0 Å². The minimum atomic E-state index is -0.381. The van der Waals surface area contributed by atoms with Crippen molar-refractivity contribution in [3.8, 4) is 0 Å². The molecule has 0 spiro atoms. The number of rotatable bonds is 4. The van der Waals surface area contributed by atoms with Gasteiger partial charge < -0.3 is 11.1 Å². The smallest absolute Gasteiger partial charge is 0.237 e. The summed E-state index contributed by atoms with van der Waals surface area (Å²) < 4.78 is 0. The lowest BCUT2D eigenvalue weighted by Crippen LogP contribution is -2.46. The predicted octanol–water partition coefficient (Wildman–Crippen LogP) is 1.64. The largest absolute Gasteiger partial charge is 0.351 e. The zero-order chi connectivity index (χ0) is 13.1. The summed E-state index contributed by atoms with van der Waals surface area (Å²) in [6, 6.07) is 8.20. The summed E-state index contributed by atoms with van der Waals surface area (Å²) in [5, 5.41) is 3.07. The number of carbonyl (C=O) groups is 1. The molecule has 3 N–H and O–H groups in total. The van der Waals surface area contributed by atoms with Gasteiger partial charge in [0.05, 0.1) is 6.04 Å². The Morgan fingerprint density at radius 1 is 1.33 bits per heavy atom. The summed E-state index contributed by atoms with van der Waals surface area (Å²) in [5.41, 5.74) is 8.58. The van der Waals surface area contributed by atoms with Gasteiger partial charge in [-0.2, -0.15) is 0 Å². The molecule has 1 unspecified atom stereocenters. The SMILES string of the molecule is CC(C)CC(N)C(=O)NC1Cc2ccccc2C1. The third-order valence-electron chi connectivity index (χ3n) is 3.46. The molecule has 98 valence electrons. The van der Waals surface area contributed by atoms with E-state index in [4.69, 9.17) is 5.73 Å².